The van der Waals surface area contributed by atoms with E-state index in [2.05, 4.69) is 11.2 Å². The Balaban J connectivity index is 3.10. The third-order valence-corrected chi connectivity index (χ3v) is 2.56. The number of carbonyl (C=O) groups excluding carboxylic acids is 1. The summed E-state index contributed by atoms with van der Waals surface area (Å²) in [6, 6.07) is 5.62. The smallest absolute Gasteiger partial charge is 0.330 e. The lowest BCUT2D eigenvalue weighted by atomic mass is 9.92. The minimum absolute atomic E-state index is 0.211. The molecule has 1 aromatic carbocycles. The lowest BCUT2D eigenvalue weighted by molar-refractivity contribution is -0.148. The van der Waals surface area contributed by atoms with Gasteiger partial charge in [-0.05, 0) is 24.6 Å². The van der Waals surface area contributed by atoms with Crippen LogP contribution in [0.25, 0.3) is 0 Å². The van der Waals surface area contributed by atoms with E-state index in [4.69, 9.17) is 11.2 Å². The van der Waals surface area contributed by atoms with Gasteiger partial charge in [-0.25, -0.2) is 9.18 Å². The molecule has 0 fully saturated rings. The monoisotopic (exact) mass is 235 g/mol. The fraction of sp³-hybridized carbons (Fsp3) is 0.308. The standard InChI is InChI=1S/C13H14FNO2/c1-4-9-15-13(2,12(16)17-3)10-5-7-11(14)8-6-10/h1,5-8,15H,9H2,2-3H3. The Morgan fingerprint density at radius 2 is 2.12 bits per heavy atom. The van der Waals surface area contributed by atoms with Crippen molar-refractivity contribution in [3.63, 3.8) is 0 Å². The van der Waals surface area contributed by atoms with Gasteiger partial charge in [0, 0.05) is 0 Å². The Labute approximate surface area is 100.0 Å². The van der Waals surface area contributed by atoms with Crippen molar-refractivity contribution in [2.75, 3.05) is 13.7 Å². The van der Waals surface area contributed by atoms with Crippen molar-refractivity contribution in [2.45, 2.75) is 12.5 Å². The first-order valence-corrected chi connectivity index (χ1v) is 5.07. The molecule has 0 radical (unpaired) electrons. The van der Waals surface area contributed by atoms with Gasteiger partial charge in [0.2, 0.25) is 0 Å². The van der Waals surface area contributed by atoms with E-state index in [1.807, 2.05) is 0 Å². The fourth-order valence-electron chi connectivity index (χ4n) is 1.51. The summed E-state index contributed by atoms with van der Waals surface area (Å²) in [6.07, 6.45) is 5.15. The van der Waals surface area contributed by atoms with E-state index in [0.717, 1.165) is 0 Å². The molecule has 0 spiro atoms. The summed E-state index contributed by atoms with van der Waals surface area (Å²) in [5.74, 6) is 1.55. The summed E-state index contributed by atoms with van der Waals surface area (Å²) in [5.41, 5.74) is -0.476. The Hall–Kier alpha value is -1.86. The van der Waals surface area contributed by atoms with Crippen molar-refractivity contribution < 1.29 is 13.9 Å². The average Bonchev–Trinajstić information content (AvgIpc) is 2.35. The maximum atomic E-state index is 12.8. The number of hydrogen-bond acceptors (Lipinski definition) is 3. The van der Waals surface area contributed by atoms with Gasteiger partial charge in [0.25, 0.3) is 0 Å². The molecule has 1 unspecified atom stereocenters. The van der Waals surface area contributed by atoms with Crippen molar-refractivity contribution in [2.24, 2.45) is 0 Å². The highest BCUT2D eigenvalue weighted by atomic mass is 19.1. The van der Waals surface area contributed by atoms with Crippen LogP contribution in [-0.2, 0) is 15.1 Å². The third-order valence-electron chi connectivity index (χ3n) is 2.56. The Morgan fingerprint density at radius 3 is 2.59 bits per heavy atom. The van der Waals surface area contributed by atoms with Crippen molar-refractivity contribution >= 4 is 5.97 Å². The number of halogens is 1. The molecular weight excluding hydrogens is 221 g/mol. The van der Waals surface area contributed by atoms with Gasteiger partial charge in [-0.1, -0.05) is 18.1 Å². The van der Waals surface area contributed by atoms with Crippen molar-refractivity contribution in [3.8, 4) is 12.3 Å². The van der Waals surface area contributed by atoms with Crippen LogP contribution in [0.4, 0.5) is 4.39 Å². The molecule has 0 heterocycles. The van der Waals surface area contributed by atoms with Gasteiger partial charge in [-0.3, -0.25) is 5.32 Å². The molecule has 17 heavy (non-hydrogen) atoms. The van der Waals surface area contributed by atoms with E-state index < -0.39 is 11.5 Å². The largest absolute Gasteiger partial charge is 0.467 e. The molecule has 3 nitrogen and oxygen atoms in total. The predicted molar refractivity (Wildman–Crippen MR) is 62.6 cm³/mol. The number of nitrogens with one attached hydrogen (secondary N) is 1. The number of carbonyl (C=O) groups is 1. The second-order valence-corrected chi connectivity index (χ2v) is 3.68. The van der Waals surface area contributed by atoms with E-state index in [0.29, 0.717) is 5.56 Å². The first-order chi connectivity index (χ1) is 8.04. The molecule has 1 atom stereocenters. The van der Waals surface area contributed by atoms with Crippen LogP contribution in [-0.4, -0.2) is 19.6 Å². The van der Waals surface area contributed by atoms with Crippen LogP contribution < -0.4 is 5.32 Å². The third kappa shape index (κ3) is 2.83. The fourth-order valence-corrected chi connectivity index (χ4v) is 1.51. The first-order valence-electron chi connectivity index (χ1n) is 5.07. The van der Waals surface area contributed by atoms with Crippen LogP contribution in [0.3, 0.4) is 0 Å². The molecule has 0 saturated carbocycles. The number of esters is 1. The summed E-state index contributed by atoms with van der Waals surface area (Å²) < 4.78 is 17.6. The molecule has 90 valence electrons. The molecule has 0 amide bonds. The average molecular weight is 235 g/mol. The zero-order valence-corrected chi connectivity index (χ0v) is 9.79. The van der Waals surface area contributed by atoms with Crippen LogP contribution in [0.1, 0.15) is 12.5 Å². The van der Waals surface area contributed by atoms with Gasteiger partial charge in [-0.2, -0.15) is 0 Å². The van der Waals surface area contributed by atoms with Gasteiger partial charge in [0.1, 0.15) is 11.4 Å². The molecule has 1 rings (SSSR count). The van der Waals surface area contributed by atoms with Gasteiger partial charge in [-0.15, -0.1) is 6.42 Å². The molecule has 1 aromatic rings. The van der Waals surface area contributed by atoms with E-state index in [1.165, 1.54) is 31.4 Å². The van der Waals surface area contributed by atoms with Gasteiger partial charge < -0.3 is 4.74 Å². The van der Waals surface area contributed by atoms with Crippen LogP contribution in [0.15, 0.2) is 24.3 Å². The Morgan fingerprint density at radius 1 is 1.53 bits per heavy atom. The van der Waals surface area contributed by atoms with Crippen molar-refractivity contribution in [1.82, 2.24) is 5.32 Å². The normalized spacial score (nSPS) is 13.5. The van der Waals surface area contributed by atoms with E-state index in [-0.39, 0.29) is 12.4 Å². The van der Waals surface area contributed by atoms with Gasteiger partial charge >= 0.3 is 5.97 Å². The highest BCUT2D eigenvalue weighted by Gasteiger charge is 2.35. The number of rotatable bonds is 4. The number of hydrogen-bond donors (Lipinski definition) is 1. The minimum Gasteiger partial charge on any atom is -0.467 e. The minimum atomic E-state index is -1.07. The Bertz CT molecular complexity index is 436. The van der Waals surface area contributed by atoms with E-state index in [1.54, 1.807) is 6.92 Å². The highest BCUT2D eigenvalue weighted by Crippen LogP contribution is 2.22. The number of benzene rings is 1. The highest BCUT2D eigenvalue weighted by molar-refractivity contribution is 5.82. The zero-order chi connectivity index (χ0) is 12.9. The topological polar surface area (TPSA) is 38.3 Å². The number of methoxy groups -OCH3 is 1. The molecule has 0 aliphatic carbocycles. The maximum absolute atomic E-state index is 12.8. The summed E-state index contributed by atoms with van der Waals surface area (Å²) in [7, 11) is 1.29. The van der Waals surface area contributed by atoms with E-state index in [9.17, 15) is 9.18 Å². The van der Waals surface area contributed by atoms with E-state index >= 15 is 0 Å². The van der Waals surface area contributed by atoms with Gasteiger partial charge in [0.15, 0.2) is 0 Å². The molecule has 1 N–H and O–H groups in total. The molecule has 0 bridgehead atoms. The van der Waals surface area contributed by atoms with Gasteiger partial charge in [0.05, 0.1) is 13.7 Å². The zero-order valence-electron chi connectivity index (χ0n) is 9.79. The quantitative estimate of drug-likeness (QED) is 0.634. The summed E-state index contributed by atoms with van der Waals surface area (Å²) in [5, 5.41) is 2.90. The summed E-state index contributed by atoms with van der Waals surface area (Å²) in [4.78, 5) is 11.8. The van der Waals surface area contributed by atoms with Crippen molar-refractivity contribution in [3.05, 3.63) is 35.6 Å². The lowest BCUT2D eigenvalue weighted by Crippen LogP contribution is -2.47. The molecular formula is C13H14FNO2. The predicted octanol–water partition coefficient (Wildman–Crippen LogP) is 1.44. The van der Waals surface area contributed by atoms with Crippen LogP contribution >= 0.6 is 0 Å². The maximum Gasteiger partial charge on any atom is 0.330 e. The SMILES string of the molecule is C#CCNC(C)(C(=O)OC)c1ccc(F)cc1. The summed E-state index contributed by atoms with van der Waals surface area (Å²) in [6.45, 7) is 1.85. The van der Waals surface area contributed by atoms with Crippen LogP contribution in [0.5, 0.6) is 0 Å². The number of ether oxygens (including phenoxy) is 1. The second-order valence-electron chi connectivity index (χ2n) is 3.68. The first kappa shape index (κ1) is 13.2. The van der Waals surface area contributed by atoms with Crippen LogP contribution in [0.2, 0.25) is 0 Å². The molecule has 0 aliphatic heterocycles. The second kappa shape index (κ2) is 5.46. The van der Waals surface area contributed by atoms with Crippen LogP contribution in [0, 0.1) is 18.2 Å². The lowest BCUT2D eigenvalue weighted by Gasteiger charge is -2.27. The molecule has 0 saturated heterocycles. The number of terminal acetylenes is 1. The molecule has 0 aromatic heterocycles. The molecule has 0 aliphatic rings. The summed E-state index contributed by atoms with van der Waals surface area (Å²) >= 11 is 0. The molecule has 4 heteroatoms. The Kier molecular flexibility index (Phi) is 4.24. The van der Waals surface area contributed by atoms with Crippen molar-refractivity contribution in [1.29, 1.82) is 0 Å².